The van der Waals surface area contributed by atoms with E-state index in [1.807, 2.05) is 0 Å². The molecule has 100 valence electrons. The van der Waals surface area contributed by atoms with E-state index in [1.54, 1.807) is 6.92 Å². The topological polar surface area (TPSA) is 66.6 Å². The molecule has 1 saturated heterocycles. The molecule has 0 radical (unpaired) electrons. The van der Waals surface area contributed by atoms with Crippen LogP contribution in [-0.2, 0) is 4.79 Å². The maximum Gasteiger partial charge on any atom is 0.323 e. The molecule has 4 heteroatoms. The third-order valence-electron chi connectivity index (χ3n) is 3.91. The number of carboxylic acids is 1. The van der Waals surface area contributed by atoms with E-state index in [9.17, 15) is 4.79 Å². The Kier molecular flexibility index (Phi) is 4.95. The van der Waals surface area contributed by atoms with Crippen molar-refractivity contribution >= 4 is 5.97 Å². The lowest BCUT2D eigenvalue weighted by molar-refractivity contribution is -0.143. The van der Waals surface area contributed by atoms with Gasteiger partial charge in [-0.3, -0.25) is 4.79 Å². The third kappa shape index (κ3) is 4.28. The van der Waals surface area contributed by atoms with E-state index >= 15 is 0 Å². The molecule has 17 heavy (non-hydrogen) atoms. The zero-order chi connectivity index (χ0) is 13.1. The Hall–Kier alpha value is -0.610. The fourth-order valence-corrected chi connectivity index (χ4v) is 2.54. The fraction of sp³-hybridized carbons (Fsp3) is 0.923. The van der Waals surface area contributed by atoms with E-state index in [-0.39, 0.29) is 0 Å². The van der Waals surface area contributed by atoms with Crippen molar-refractivity contribution < 1.29 is 9.90 Å². The molecular weight excluding hydrogens is 216 g/mol. The average molecular weight is 242 g/mol. The van der Waals surface area contributed by atoms with Gasteiger partial charge in [0, 0.05) is 6.04 Å². The third-order valence-corrected chi connectivity index (χ3v) is 3.91. The van der Waals surface area contributed by atoms with Gasteiger partial charge in [0.05, 0.1) is 0 Å². The van der Waals surface area contributed by atoms with Crippen LogP contribution in [-0.4, -0.2) is 40.6 Å². The number of nitrogens with two attached hydrogens (primary N) is 1. The molecular formula is C13H26N2O2. The minimum absolute atomic E-state index is 0.543. The Morgan fingerprint density at radius 2 is 2.18 bits per heavy atom. The minimum Gasteiger partial charge on any atom is -0.480 e. The van der Waals surface area contributed by atoms with Gasteiger partial charge >= 0.3 is 5.97 Å². The molecule has 1 fully saturated rings. The minimum atomic E-state index is -1.08. The zero-order valence-corrected chi connectivity index (χ0v) is 11.3. The number of carboxylic acid groups (broad SMARTS) is 1. The van der Waals surface area contributed by atoms with E-state index in [0.717, 1.165) is 25.4 Å². The Bertz CT molecular complexity index is 266. The molecule has 4 nitrogen and oxygen atoms in total. The number of nitrogens with zero attached hydrogens (tertiary/aromatic N) is 1. The van der Waals surface area contributed by atoms with Crippen molar-refractivity contribution in [3.8, 4) is 0 Å². The summed E-state index contributed by atoms with van der Waals surface area (Å²) in [7, 11) is 0. The lowest BCUT2D eigenvalue weighted by Crippen LogP contribution is -2.46. The predicted molar refractivity (Wildman–Crippen MR) is 68.9 cm³/mol. The number of carbonyl (C=O) groups is 1. The molecule has 0 saturated carbocycles. The van der Waals surface area contributed by atoms with Gasteiger partial charge in [-0.25, -0.2) is 0 Å². The molecule has 1 heterocycles. The van der Waals surface area contributed by atoms with Crippen LogP contribution < -0.4 is 5.73 Å². The highest BCUT2D eigenvalue weighted by molar-refractivity contribution is 5.77. The van der Waals surface area contributed by atoms with E-state index in [4.69, 9.17) is 10.8 Å². The molecule has 3 atom stereocenters. The fourth-order valence-electron chi connectivity index (χ4n) is 2.54. The summed E-state index contributed by atoms with van der Waals surface area (Å²) in [4.78, 5) is 13.3. The summed E-state index contributed by atoms with van der Waals surface area (Å²) in [6.07, 6.45) is 3.90. The van der Waals surface area contributed by atoms with Gasteiger partial charge in [0.25, 0.3) is 0 Å². The van der Waals surface area contributed by atoms with Crippen molar-refractivity contribution in [2.24, 2.45) is 11.7 Å². The van der Waals surface area contributed by atoms with Gasteiger partial charge in [-0.15, -0.1) is 0 Å². The Morgan fingerprint density at radius 3 is 2.71 bits per heavy atom. The van der Waals surface area contributed by atoms with Gasteiger partial charge in [0.15, 0.2) is 0 Å². The zero-order valence-electron chi connectivity index (χ0n) is 11.3. The maximum absolute atomic E-state index is 10.9. The second-order valence-electron chi connectivity index (χ2n) is 5.84. The first kappa shape index (κ1) is 14.5. The van der Waals surface area contributed by atoms with Gasteiger partial charge in [-0.1, -0.05) is 6.92 Å². The van der Waals surface area contributed by atoms with Gasteiger partial charge in [0.2, 0.25) is 0 Å². The summed E-state index contributed by atoms with van der Waals surface area (Å²) in [5.41, 5.74) is 4.64. The quantitative estimate of drug-likeness (QED) is 0.770. The number of rotatable bonds is 5. The summed E-state index contributed by atoms with van der Waals surface area (Å²) < 4.78 is 0. The van der Waals surface area contributed by atoms with Crippen molar-refractivity contribution in [2.75, 3.05) is 13.1 Å². The smallest absolute Gasteiger partial charge is 0.323 e. The number of piperidine rings is 1. The van der Waals surface area contributed by atoms with Crippen molar-refractivity contribution in [1.82, 2.24) is 4.90 Å². The molecule has 0 aromatic heterocycles. The molecule has 3 unspecified atom stereocenters. The van der Waals surface area contributed by atoms with Gasteiger partial charge in [-0.05, 0) is 58.5 Å². The van der Waals surface area contributed by atoms with Crippen LogP contribution in [0.1, 0.15) is 46.5 Å². The highest BCUT2D eigenvalue weighted by Gasteiger charge is 2.28. The monoisotopic (exact) mass is 242 g/mol. The second kappa shape index (κ2) is 5.83. The largest absolute Gasteiger partial charge is 0.480 e. The normalized spacial score (nSPS) is 29.9. The number of hydrogen-bond acceptors (Lipinski definition) is 3. The van der Waals surface area contributed by atoms with E-state index in [2.05, 4.69) is 18.7 Å². The number of likely N-dealkylation sites (tertiary alicyclic amines) is 1. The van der Waals surface area contributed by atoms with E-state index < -0.39 is 11.5 Å². The first-order valence-corrected chi connectivity index (χ1v) is 6.59. The molecule has 0 aliphatic carbocycles. The maximum atomic E-state index is 10.9. The van der Waals surface area contributed by atoms with Crippen LogP contribution in [0.25, 0.3) is 0 Å². The highest BCUT2D eigenvalue weighted by atomic mass is 16.4. The summed E-state index contributed by atoms with van der Waals surface area (Å²) >= 11 is 0. The van der Waals surface area contributed by atoms with Crippen molar-refractivity contribution in [1.29, 1.82) is 0 Å². The lowest BCUT2D eigenvalue weighted by Gasteiger charge is -2.36. The number of aliphatic carboxylic acids is 1. The lowest BCUT2D eigenvalue weighted by atomic mass is 9.92. The molecule has 0 aromatic carbocycles. The molecule has 3 N–H and O–H groups in total. The van der Waals surface area contributed by atoms with Crippen LogP contribution in [0.15, 0.2) is 0 Å². The van der Waals surface area contributed by atoms with Crippen LogP contribution in [0.3, 0.4) is 0 Å². The molecule has 1 aliphatic heterocycles. The van der Waals surface area contributed by atoms with Crippen molar-refractivity contribution in [2.45, 2.75) is 58.0 Å². The molecule has 0 aromatic rings. The van der Waals surface area contributed by atoms with Gasteiger partial charge in [-0.2, -0.15) is 0 Å². The van der Waals surface area contributed by atoms with Crippen LogP contribution >= 0.6 is 0 Å². The van der Waals surface area contributed by atoms with E-state index in [1.165, 1.54) is 12.8 Å². The molecule has 0 amide bonds. The summed E-state index contributed by atoms with van der Waals surface area (Å²) in [5, 5.41) is 8.93. The van der Waals surface area contributed by atoms with Crippen molar-refractivity contribution in [3.63, 3.8) is 0 Å². The van der Waals surface area contributed by atoms with Crippen LogP contribution in [0.2, 0.25) is 0 Å². The summed E-state index contributed by atoms with van der Waals surface area (Å²) in [6.45, 7) is 8.26. The van der Waals surface area contributed by atoms with Crippen LogP contribution in [0, 0.1) is 5.92 Å². The SMILES string of the molecule is CC1CCN(CCCC(C)(N)C(=O)O)C(C)C1. The first-order valence-electron chi connectivity index (χ1n) is 6.59. The predicted octanol–water partition coefficient (Wildman–Crippen LogP) is 1.69. The number of hydrogen-bond donors (Lipinski definition) is 2. The Morgan fingerprint density at radius 1 is 1.53 bits per heavy atom. The first-order chi connectivity index (χ1) is 7.83. The van der Waals surface area contributed by atoms with Gasteiger partial charge < -0.3 is 15.7 Å². The molecule has 1 aliphatic rings. The average Bonchev–Trinajstić information content (AvgIpc) is 2.21. The Labute approximate surface area is 104 Å². The summed E-state index contributed by atoms with van der Waals surface area (Å²) in [5.74, 6) is -0.0853. The standard InChI is InChI=1S/C13H26N2O2/c1-10-5-8-15(11(2)9-10)7-4-6-13(3,14)12(16)17/h10-11H,4-9,14H2,1-3H3,(H,16,17). The molecule has 0 bridgehead atoms. The molecule has 0 spiro atoms. The van der Waals surface area contributed by atoms with Crippen LogP contribution in [0.4, 0.5) is 0 Å². The molecule has 1 rings (SSSR count). The summed E-state index contributed by atoms with van der Waals surface area (Å²) in [6, 6.07) is 0.618. The second-order valence-corrected chi connectivity index (χ2v) is 5.84. The van der Waals surface area contributed by atoms with Crippen molar-refractivity contribution in [3.05, 3.63) is 0 Å². The van der Waals surface area contributed by atoms with Crippen LogP contribution in [0.5, 0.6) is 0 Å². The highest BCUT2D eigenvalue weighted by Crippen LogP contribution is 2.22. The van der Waals surface area contributed by atoms with Gasteiger partial charge in [0.1, 0.15) is 5.54 Å². The van der Waals surface area contributed by atoms with E-state index in [0.29, 0.717) is 12.5 Å². The Balaban J connectivity index is 2.29.